The average molecular weight is 313 g/mol. The highest BCUT2D eigenvalue weighted by molar-refractivity contribution is 7.13. The molecular weight excluding hydrogens is 298 g/mol. The molecule has 5 nitrogen and oxygen atoms in total. The van der Waals surface area contributed by atoms with Crippen molar-refractivity contribution >= 4 is 17.2 Å². The van der Waals surface area contributed by atoms with Crippen molar-refractivity contribution < 1.29 is 9.21 Å². The second-order valence-corrected chi connectivity index (χ2v) is 5.79. The van der Waals surface area contributed by atoms with Crippen molar-refractivity contribution in [1.82, 2.24) is 15.5 Å². The normalized spacial score (nSPS) is 10.6. The van der Waals surface area contributed by atoms with Crippen LogP contribution in [-0.4, -0.2) is 16.1 Å². The molecule has 2 heterocycles. The van der Waals surface area contributed by atoms with Crippen LogP contribution < -0.4 is 5.32 Å². The van der Waals surface area contributed by atoms with Crippen LogP contribution in [0.25, 0.3) is 10.8 Å². The Bertz CT molecular complexity index is 765. The zero-order valence-electron chi connectivity index (χ0n) is 12.1. The minimum absolute atomic E-state index is 0.0876. The molecule has 3 rings (SSSR count). The molecule has 2 aromatic heterocycles. The number of nitrogens with one attached hydrogen (secondary N) is 1. The summed E-state index contributed by atoms with van der Waals surface area (Å²) >= 11 is 1.55. The molecule has 0 radical (unpaired) electrons. The van der Waals surface area contributed by atoms with Gasteiger partial charge in [-0.25, -0.2) is 0 Å². The van der Waals surface area contributed by atoms with Crippen LogP contribution in [0.5, 0.6) is 0 Å². The molecule has 0 saturated carbocycles. The second kappa shape index (κ2) is 6.53. The van der Waals surface area contributed by atoms with Gasteiger partial charge in [0.25, 0.3) is 5.89 Å². The molecule has 0 unspecified atom stereocenters. The monoisotopic (exact) mass is 313 g/mol. The summed E-state index contributed by atoms with van der Waals surface area (Å²) in [5, 5.41) is 12.8. The van der Waals surface area contributed by atoms with Crippen LogP contribution in [0, 0.1) is 6.92 Å². The minimum Gasteiger partial charge on any atom is -0.419 e. The van der Waals surface area contributed by atoms with Crippen molar-refractivity contribution in [2.75, 3.05) is 0 Å². The number of amides is 1. The van der Waals surface area contributed by atoms with E-state index >= 15 is 0 Å². The van der Waals surface area contributed by atoms with Crippen molar-refractivity contribution in [3.63, 3.8) is 0 Å². The third-order valence-electron chi connectivity index (χ3n) is 3.17. The Labute approximate surface area is 132 Å². The van der Waals surface area contributed by atoms with Crippen LogP contribution >= 0.6 is 11.3 Å². The third-order valence-corrected chi connectivity index (χ3v) is 4.17. The first kappa shape index (κ1) is 14.5. The molecule has 1 amide bonds. The fourth-order valence-electron chi connectivity index (χ4n) is 2.00. The Morgan fingerprint density at radius 2 is 2.05 bits per heavy atom. The maximum Gasteiger partial charge on any atom is 0.258 e. The van der Waals surface area contributed by atoms with E-state index in [1.165, 1.54) is 0 Å². The maximum atomic E-state index is 11.9. The lowest BCUT2D eigenvalue weighted by molar-refractivity contribution is -0.120. The number of nitrogens with zero attached hydrogens (tertiary/aromatic N) is 2. The lowest BCUT2D eigenvalue weighted by Crippen LogP contribution is -2.24. The van der Waals surface area contributed by atoms with Crippen LogP contribution in [0.1, 0.15) is 17.0 Å². The largest absolute Gasteiger partial charge is 0.419 e. The van der Waals surface area contributed by atoms with Crippen molar-refractivity contribution in [3.05, 3.63) is 58.8 Å². The van der Waals surface area contributed by atoms with Crippen molar-refractivity contribution in [2.45, 2.75) is 19.9 Å². The molecule has 0 aliphatic rings. The van der Waals surface area contributed by atoms with E-state index in [9.17, 15) is 4.79 Å². The molecule has 3 aromatic rings. The molecule has 22 heavy (non-hydrogen) atoms. The first-order valence-corrected chi connectivity index (χ1v) is 7.78. The smallest absolute Gasteiger partial charge is 0.258 e. The van der Waals surface area contributed by atoms with Crippen LogP contribution in [0.2, 0.25) is 0 Å². The van der Waals surface area contributed by atoms with Gasteiger partial charge < -0.3 is 9.73 Å². The number of benzene rings is 1. The number of aryl methyl sites for hydroxylation is 1. The predicted octanol–water partition coefficient (Wildman–Crippen LogP) is 2.97. The molecule has 0 atom stereocenters. The lowest BCUT2D eigenvalue weighted by Gasteiger charge is -2.03. The molecule has 1 aromatic carbocycles. The molecular formula is C16H15N3O2S. The zero-order chi connectivity index (χ0) is 15.4. The van der Waals surface area contributed by atoms with Gasteiger partial charge in [0, 0.05) is 6.54 Å². The number of rotatable bonds is 5. The quantitative estimate of drug-likeness (QED) is 0.786. The molecule has 6 heteroatoms. The fraction of sp³-hybridized carbons (Fsp3) is 0.188. The zero-order valence-corrected chi connectivity index (χ0v) is 12.9. The lowest BCUT2D eigenvalue weighted by atomic mass is 10.2. The van der Waals surface area contributed by atoms with Gasteiger partial charge in [-0.2, -0.15) is 0 Å². The van der Waals surface area contributed by atoms with Gasteiger partial charge >= 0.3 is 0 Å². The van der Waals surface area contributed by atoms with Gasteiger partial charge in [0.2, 0.25) is 11.8 Å². The Balaban J connectivity index is 1.58. The number of thiophene rings is 1. The number of carbonyl (C=O) groups excluding carboxylic acids is 1. The SMILES string of the molecule is Cc1ccsc1-c1nnc(CC(=O)NCc2ccccc2)o1. The first-order valence-electron chi connectivity index (χ1n) is 6.90. The predicted molar refractivity (Wildman–Crippen MR) is 84.3 cm³/mol. The number of hydrogen-bond donors (Lipinski definition) is 1. The summed E-state index contributed by atoms with van der Waals surface area (Å²) in [6.07, 6.45) is 0.0876. The average Bonchev–Trinajstić information content (AvgIpc) is 3.15. The van der Waals surface area contributed by atoms with Crippen LogP contribution in [0.15, 0.2) is 46.2 Å². The highest BCUT2D eigenvalue weighted by Crippen LogP contribution is 2.27. The molecule has 112 valence electrons. The molecule has 0 aliphatic carbocycles. The summed E-state index contributed by atoms with van der Waals surface area (Å²) in [5.74, 6) is 0.661. The van der Waals surface area contributed by atoms with Gasteiger partial charge in [-0.3, -0.25) is 4.79 Å². The second-order valence-electron chi connectivity index (χ2n) is 4.87. The number of aromatic nitrogens is 2. The molecule has 0 spiro atoms. The molecule has 0 aliphatic heterocycles. The Morgan fingerprint density at radius 3 is 2.77 bits per heavy atom. The minimum atomic E-state index is -0.137. The van der Waals surface area contributed by atoms with E-state index in [-0.39, 0.29) is 12.3 Å². The Hall–Kier alpha value is -2.47. The van der Waals surface area contributed by atoms with Crippen molar-refractivity contribution in [2.24, 2.45) is 0 Å². The maximum absolute atomic E-state index is 11.9. The first-order chi connectivity index (χ1) is 10.7. The molecule has 0 saturated heterocycles. The summed E-state index contributed by atoms with van der Waals surface area (Å²) in [7, 11) is 0. The van der Waals surface area contributed by atoms with Gasteiger partial charge in [0.05, 0.1) is 4.88 Å². The van der Waals surface area contributed by atoms with Gasteiger partial charge in [-0.15, -0.1) is 21.5 Å². The Morgan fingerprint density at radius 1 is 1.23 bits per heavy atom. The van der Waals surface area contributed by atoms with E-state index in [0.717, 1.165) is 16.0 Å². The van der Waals surface area contributed by atoms with Crippen LogP contribution in [0.3, 0.4) is 0 Å². The topological polar surface area (TPSA) is 68.0 Å². The van der Waals surface area contributed by atoms with Gasteiger partial charge in [-0.05, 0) is 29.5 Å². The summed E-state index contributed by atoms with van der Waals surface area (Å²) in [5.41, 5.74) is 2.14. The van der Waals surface area contributed by atoms with E-state index < -0.39 is 0 Å². The third kappa shape index (κ3) is 3.40. The van der Waals surface area contributed by atoms with Crippen LogP contribution in [-0.2, 0) is 17.8 Å². The summed E-state index contributed by atoms with van der Waals surface area (Å²) in [4.78, 5) is 12.9. The van der Waals surface area contributed by atoms with E-state index in [4.69, 9.17) is 4.42 Å². The molecule has 1 N–H and O–H groups in total. The van der Waals surface area contributed by atoms with E-state index in [1.54, 1.807) is 11.3 Å². The van der Waals surface area contributed by atoms with E-state index in [0.29, 0.717) is 18.3 Å². The fourth-order valence-corrected chi connectivity index (χ4v) is 2.85. The summed E-state index contributed by atoms with van der Waals surface area (Å²) in [6.45, 7) is 2.48. The van der Waals surface area contributed by atoms with E-state index in [1.807, 2.05) is 48.7 Å². The van der Waals surface area contributed by atoms with Gasteiger partial charge in [0.1, 0.15) is 6.42 Å². The molecule has 0 bridgehead atoms. The standard InChI is InChI=1S/C16H15N3O2S/c1-11-7-8-22-15(11)16-19-18-14(21-16)9-13(20)17-10-12-5-3-2-4-6-12/h2-8H,9-10H2,1H3,(H,17,20). The Kier molecular flexibility index (Phi) is 4.29. The van der Waals surface area contributed by atoms with Gasteiger partial charge in [-0.1, -0.05) is 30.3 Å². The van der Waals surface area contributed by atoms with Gasteiger partial charge in [0.15, 0.2) is 0 Å². The number of carbonyl (C=O) groups is 1. The highest BCUT2D eigenvalue weighted by Gasteiger charge is 2.14. The van der Waals surface area contributed by atoms with Crippen LogP contribution in [0.4, 0.5) is 0 Å². The number of hydrogen-bond acceptors (Lipinski definition) is 5. The summed E-state index contributed by atoms with van der Waals surface area (Å²) < 4.78 is 5.56. The van der Waals surface area contributed by atoms with E-state index in [2.05, 4.69) is 15.5 Å². The molecule has 0 fully saturated rings. The summed E-state index contributed by atoms with van der Waals surface area (Å²) in [6, 6.07) is 11.7. The van der Waals surface area contributed by atoms with Crippen molar-refractivity contribution in [1.29, 1.82) is 0 Å². The van der Waals surface area contributed by atoms with Crippen molar-refractivity contribution in [3.8, 4) is 10.8 Å². The highest BCUT2D eigenvalue weighted by atomic mass is 32.1.